The normalized spacial score (nSPS) is 24.9. The molecule has 1 saturated carbocycles. The van der Waals surface area contributed by atoms with E-state index >= 15 is 0 Å². The van der Waals surface area contributed by atoms with Gasteiger partial charge in [0, 0.05) is 29.4 Å². The van der Waals surface area contributed by atoms with Gasteiger partial charge in [-0.05, 0) is 75.5 Å². The number of nitrogens with zero attached hydrogens (tertiary/aromatic N) is 1. The van der Waals surface area contributed by atoms with Crippen LogP contribution in [0, 0.1) is 0 Å². The molecule has 2 aliphatic heterocycles. The number of anilines is 3. The maximum absolute atomic E-state index is 13.8. The lowest BCUT2D eigenvalue weighted by Crippen LogP contribution is -2.48. The van der Waals surface area contributed by atoms with Crippen LogP contribution in [0.2, 0.25) is 5.02 Å². The number of nitrogens with two attached hydrogens (primary N) is 1. The topological polar surface area (TPSA) is 99.8 Å². The van der Waals surface area contributed by atoms with Crippen LogP contribution >= 0.6 is 11.6 Å². The standard InChI is InChI=1S/C26H30ClF3N4O3/c1-24(36)13-16(14-24)32-22-19(26(28,29)30)11-17(12-20(22)31)37-9-8-34-6-4-25(5-7-34)18-10-15(27)2-3-21(18)33-23(25)35/h2-3,10-12,16,32,36H,4-9,13-14,31H2,1H3,(H,33,35). The molecule has 2 aromatic carbocycles. The lowest BCUT2D eigenvalue weighted by molar-refractivity contribution is -0.137. The minimum atomic E-state index is -4.62. The van der Waals surface area contributed by atoms with E-state index in [1.54, 1.807) is 13.0 Å². The number of carbonyl (C=O) groups excluding carboxylic acids is 1. The minimum absolute atomic E-state index is 0.0185. The molecule has 3 aliphatic rings. The number of ether oxygens (including phenoxy) is 1. The number of nitrogen functional groups attached to an aromatic ring is 1. The first-order chi connectivity index (χ1) is 17.4. The summed E-state index contributed by atoms with van der Waals surface area (Å²) in [6, 6.07) is 7.50. The van der Waals surface area contributed by atoms with Gasteiger partial charge in [-0.25, -0.2) is 0 Å². The van der Waals surface area contributed by atoms with Crippen LogP contribution in [0.4, 0.5) is 30.2 Å². The molecule has 5 N–H and O–H groups in total. The third kappa shape index (κ3) is 5.06. The molecule has 1 saturated heterocycles. The number of hydrogen-bond donors (Lipinski definition) is 4. The Kier molecular flexibility index (Phi) is 6.49. The first-order valence-corrected chi connectivity index (χ1v) is 12.7. The zero-order chi connectivity index (χ0) is 26.6. The van der Waals surface area contributed by atoms with Gasteiger partial charge in [0.05, 0.1) is 28.0 Å². The Hall–Kier alpha value is -2.69. The van der Waals surface area contributed by atoms with Crippen LogP contribution in [0.25, 0.3) is 0 Å². The number of alkyl halides is 3. The van der Waals surface area contributed by atoms with Crippen molar-refractivity contribution in [2.75, 3.05) is 42.6 Å². The van der Waals surface area contributed by atoms with E-state index in [0.29, 0.717) is 50.3 Å². The zero-order valence-electron chi connectivity index (χ0n) is 20.4. The summed E-state index contributed by atoms with van der Waals surface area (Å²) in [4.78, 5) is 14.9. The summed E-state index contributed by atoms with van der Waals surface area (Å²) in [6.45, 7) is 3.61. The van der Waals surface area contributed by atoms with E-state index in [4.69, 9.17) is 22.1 Å². The number of hydrogen-bond acceptors (Lipinski definition) is 6. The minimum Gasteiger partial charge on any atom is -0.492 e. The van der Waals surface area contributed by atoms with Crippen LogP contribution in [0.1, 0.15) is 43.7 Å². The molecule has 37 heavy (non-hydrogen) atoms. The third-order valence-corrected chi connectivity index (χ3v) is 7.97. The molecule has 200 valence electrons. The highest BCUT2D eigenvalue weighted by molar-refractivity contribution is 6.31. The summed E-state index contributed by atoms with van der Waals surface area (Å²) in [7, 11) is 0. The monoisotopic (exact) mass is 538 g/mol. The molecule has 2 heterocycles. The predicted octanol–water partition coefficient (Wildman–Crippen LogP) is 4.63. The Morgan fingerprint density at radius 3 is 2.59 bits per heavy atom. The molecule has 2 fully saturated rings. The smallest absolute Gasteiger partial charge is 0.418 e. The maximum atomic E-state index is 13.8. The summed E-state index contributed by atoms with van der Waals surface area (Å²) in [6.07, 6.45) is -2.69. The molecule has 0 bridgehead atoms. The lowest BCUT2D eigenvalue weighted by Gasteiger charge is -2.42. The summed E-state index contributed by atoms with van der Waals surface area (Å²) in [5, 5.41) is 16.3. The number of piperidine rings is 1. The molecular weight excluding hydrogens is 509 g/mol. The van der Waals surface area contributed by atoms with E-state index in [-0.39, 0.29) is 35.7 Å². The quantitative estimate of drug-likeness (QED) is 0.400. The fourth-order valence-electron chi connectivity index (χ4n) is 5.75. The second kappa shape index (κ2) is 9.25. The van der Waals surface area contributed by atoms with Gasteiger partial charge in [0.15, 0.2) is 0 Å². The van der Waals surface area contributed by atoms with E-state index in [9.17, 15) is 23.1 Å². The van der Waals surface area contributed by atoms with Crippen molar-refractivity contribution in [2.45, 2.75) is 55.8 Å². The van der Waals surface area contributed by atoms with Gasteiger partial charge in [-0.1, -0.05) is 11.6 Å². The highest BCUT2D eigenvalue weighted by Gasteiger charge is 2.48. The van der Waals surface area contributed by atoms with Crippen molar-refractivity contribution in [1.29, 1.82) is 0 Å². The molecule has 2 aromatic rings. The molecule has 7 nitrogen and oxygen atoms in total. The van der Waals surface area contributed by atoms with Gasteiger partial charge in [0.2, 0.25) is 5.91 Å². The number of nitrogens with one attached hydrogen (secondary N) is 2. The molecule has 0 unspecified atom stereocenters. The SMILES string of the molecule is CC1(O)CC(Nc2c(N)cc(OCCN3CCC4(CC3)C(=O)Nc3ccc(Cl)cc34)cc2C(F)(F)F)C1. The maximum Gasteiger partial charge on any atom is 0.418 e. The van der Waals surface area contributed by atoms with Crippen molar-refractivity contribution >= 4 is 34.6 Å². The Bertz CT molecular complexity index is 1200. The highest BCUT2D eigenvalue weighted by atomic mass is 35.5. The highest BCUT2D eigenvalue weighted by Crippen LogP contribution is 2.46. The van der Waals surface area contributed by atoms with Crippen molar-refractivity contribution in [2.24, 2.45) is 0 Å². The van der Waals surface area contributed by atoms with Crippen LogP contribution in [-0.2, 0) is 16.4 Å². The molecule has 0 aromatic heterocycles. The number of fused-ring (bicyclic) bond motifs is 2. The van der Waals surface area contributed by atoms with Gasteiger partial charge < -0.3 is 26.2 Å². The lowest BCUT2D eigenvalue weighted by atomic mass is 9.73. The van der Waals surface area contributed by atoms with Gasteiger partial charge in [-0.15, -0.1) is 0 Å². The van der Waals surface area contributed by atoms with Crippen LogP contribution in [0.15, 0.2) is 30.3 Å². The number of halogens is 4. The predicted molar refractivity (Wildman–Crippen MR) is 136 cm³/mol. The van der Waals surface area contributed by atoms with Crippen LogP contribution < -0.4 is 21.1 Å². The van der Waals surface area contributed by atoms with Crippen molar-refractivity contribution in [3.63, 3.8) is 0 Å². The molecule has 1 amide bonds. The second-order valence-corrected chi connectivity index (χ2v) is 11.0. The van der Waals surface area contributed by atoms with Crippen LogP contribution in [0.3, 0.4) is 0 Å². The van der Waals surface area contributed by atoms with E-state index in [1.807, 2.05) is 12.1 Å². The van der Waals surface area contributed by atoms with Crippen molar-refractivity contribution < 1.29 is 27.8 Å². The summed E-state index contributed by atoms with van der Waals surface area (Å²) in [5.41, 5.74) is 5.11. The summed E-state index contributed by atoms with van der Waals surface area (Å²) >= 11 is 6.18. The van der Waals surface area contributed by atoms with Gasteiger partial charge >= 0.3 is 6.18 Å². The summed E-state index contributed by atoms with van der Waals surface area (Å²) < 4.78 is 47.1. The fraction of sp³-hybridized carbons (Fsp3) is 0.500. The Balaban J connectivity index is 1.20. The third-order valence-electron chi connectivity index (χ3n) is 7.73. The second-order valence-electron chi connectivity index (χ2n) is 10.6. The average molecular weight is 539 g/mol. The van der Waals surface area contributed by atoms with Crippen LogP contribution in [-0.4, -0.2) is 53.8 Å². The van der Waals surface area contributed by atoms with Crippen molar-refractivity contribution in [3.8, 4) is 5.75 Å². The zero-order valence-corrected chi connectivity index (χ0v) is 21.2. The van der Waals surface area contributed by atoms with Crippen LogP contribution in [0.5, 0.6) is 5.75 Å². The summed E-state index contributed by atoms with van der Waals surface area (Å²) in [5.74, 6) is 0.0261. The number of carbonyl (C=O) groups is 1. The molecule has 1 spiro atoms. The van der Waals surface area contributed by atoms with Gasteiger partial charge in [-0.2, -0.15) is 13.2 Å². The fourth-order valence-corrected chi connectivity index (χ4v) is 5.92. The van der Waals surface area contributed by atoms with Crippen molar-refractivity contribution in [1.82, 2.24) is 4.90 Å². The number of aliphatic hydroxyl groups is 1. The average Bonchev–Trinajstić information content (AvgIpc) is 3.05. The van der Waals surface area contributed by atoms with E-state index in [0.717, 1.165) is 17.3 Å². The molecule has 11 heteroatoms. The Morgan fingerprint density at radius 2 is 1.95 bits per heavy atom. The first-order valence-electron chi connectivity index (χ1n) is 12.3. The number of amides is 1. The molecule has 0 radical (unpaired) electrons. The van der Waals surface area contributed by atoms with Gasteiger partial charge in [0.1, 0.15) is 12.4 Å². The van der Waals surface area contributed by atoms with E-state index in [2.05, 4.69) is 15.5 Å². The molecular formula is C26H30ClF3N4O3. The Morgan fingerprint density at radius 1 is 1.24 bits per heavy atom. The largest absolute Gasteiger partial charge is 0.492 e. The van der Waals surface area contributed by atoms with Gasteiger partial charge in [-0.3, -0.25) is 9.69 Å². The number of benzene rings is 2. The molecule has 5 rings (SSSR count). The molecule has 1 aliphatic carbocycles. The first kappa shape index (κ1) is 25.9. The Labute approximate surface area is 218 Å². The van der Waals surface area contributed by atoms with Gasteiger partial charge in [0.25, 0.3) is 0 Å². The number of rotatable bonds is 6. The van der Waals surface area contributed by atoms with E-state index in [1.165, 1.54) is 6.07 Å². The van der Waals surface area contributed by atoms with E-state index < -0.39 is 22.8 Å². The number of likely N-dealkylation sites (tertiary alicyclic amines) is 1. The molecule has 0 atom stereocenters. The van der Waals surface area contributed by atoms with Crippen molar-refractivity contribution in [3.05, 3.63) is 46.5 Å².